The van der Waals surface area contributed by atoms with Crippen molar-refractivity contribution >= 4 is 0 Å². The second kappa shape index (κ2) is 2.12. The average Bonchev–Trinajstić information content (AvgIpc) is 2.34. The smallest absolute Gasteiger partial charge is 0 e. The van der Waals surface area contributed by atoms with Crippen LogP contribution < -0.4 is 0 Å². The molecule has 1 aliphatic rings. The van der Waals surface area contributed by atoms with Crippen molar-refractivity contribution in [3.8, 4) is 0 Å². The third-order valence-corrected chi connectivity index (χ3v) is 2.43. The lowest BCUT2D eigenvalue weighted by Crippen LogP contribution is -1.83. The van der Waals surface area contributed by atoms with E-state index in [1.54, 1.807) is 11.1 Å². The first-order valence-corrected chi connectivity index (χ1v) is 3.96. The van der Waals surface area contributed by atoms with Gasteiger partial charge in [-0.05, 0) is 29.9 Å². The Hall–Kier alpha value is -0.780. The molecular formula is C10H14. The van der Waals surface area contributed by atoms with E-state index in [1.807, 2.05) is 0 Å². The molecule has 0 aromatic heterocycles. The molecule has 0 N–H and O–H groups in total. The average molecular weight is 134 g/mol. The van der Waals surface area contributed by atoms with Crippen molar-refractivity contribution in [3.63, 3.8) is 0 Å². The van der Waals surface area contributed by atoms with Crippen LogP contribution in [0.25, 0.3) is 0 Å². The van der Waals surface area contributed by atoms with Gasteiger partial charge in [0.15, 0.2) is 0 Å². The van der Waals surface area contributed by atoms with Crippen LogP contribution in [-0.4, -0.2) is 0 Å². The predicted octanol–water partition coefficient (Wildman–Crippen LogP) is 2.98. The first-order valence-electron chi connectivity index (χ1n) is 3.96. The molecule has 0 heteroatoms. The van der Waals surface area contributed by atoms with E-state index in [0.29, 0.717) is 0 Å². The number of fused-ring (bicyclic) bond motifs is 1. The molecular weight excluding hydrogens is 120 g/mol. The van der Waals surface area contributed by atoms with Gasteiger partial charge in [0.2, 0.25) is 0 Å². The molecule has 0 fully saturated rings. The minimum atomic E-state index is 0. The summed E-state index contributed by atoms with van der Waals surface area (Å²) in [5, 5.41) is 0. The Labute approximate surface area is 63.4 Å². The summed E-state index contributed by atoms with van der Waals surface area (Å²) in [6, 6.07) is 8.78. The molecule has 0 saturated heterocycles. The molecule has 0 spiro atoms. The van der Waals surface area contributed by atoms with Gasteiger partial charge in [-0.15, -0.1) is 0 Å². The first kappa shape index (κ1) is 5.96. The van der Waals surface area contributed by atoms with Gasteiger partial charge in [-0.3, -0.25) is 0 Å². The minimum Gasteiger partial charge on any atom is -0.0620 e. The van der Waals surface area contributed by atoms with Crippen LogP contribution >= 0.6 is 0 Å². The van der Waals surface area contributed by atoms with Crippen molar-refractivity contribution < 1.29 is 1.43 Å². The standard InChI is InChI=1S/C10H12.H2/c1-8-6-7-9-4-2-3-5-10(8)9;/h2-5,8H,6-7H2,1H3;1H. The summed E-state index contributed by atoms with van der Waals surface area (Å²) >= 11 is 0. The number of aryl methyl sites for hydroxylation is 1. The van der Waals surface area contributed by atoms with Crippen molar-refractivity contribution in [2.75, 3.05) is 0 Å². The Morgan fingerprint density at radius 1 is 1.40 bits per heavy atom. The summed E-state index contributed by atoms with van der Waals surface area (Å²) in [7, 11) is 0. The van der Waals surface area contributed by atoms with Crippen molar-refractivity contribution in [3.05, 3.63) is 35.4 Å². The second-order valence-electron chi connectivity index (χ2n) is 3.14. The van der Waals surface area contributed by atoms with Crippen LogP contribution in [0.3, 0.4) is 0 Å². The Bertz CT molecular complexity index is 242. The number of rotatable bonds is 0. The van der Waals surface area contributed by atoms with Gasteiger partial charge in [-0.1, -0.05) is 31.2 Å². The molecule has 1 aliphatic carbocycles. The zero-order chi connectivity index (χ0) is 6.97. The van der Waals surface area contributed by atoms with Crippen LogP contribution in [0.4, 0.5) is 0 Å². The molecule has 0 heterocycles. The Kier molecular flexibility index (Phi) is 1.26. The fourth-order valence-electron chi connectivity index (χ4n) is 1.77. The largest absolute Gasteiger partial charge is 0.0620 e. The minimum absolute atomic E-state index is 0. The highest BCUT2D eigenvalue weighted by atomic mass is 14.2. The fraction of sp³-hybridized carbons (Fsp3) is 0.400. The molecule has 0 bridgehead atoms. The first-order chi connectivity index (χ1) is 4.88. The molecule has 0 saturated carbocycles. The lowest BCUT2D eigenvalue weighted by Gasteiger charge is -2.01. The molecule has 1 atom stereocenters. The molecule has 0 radical (unpaired) electrons. The van der Waals surface area contributed by atoms with Gasteiger partial charge in [0, 0.05) is 1.43 Å². The molecule has 1 aromatic rings. The summed E-state index contributed by atoms with van der Waals surface area (Å²) in [6.45, 7) is 2.31. The third kappa shape index (κ3) is 0.756. The second-order valence-corrected chi connectivity index (χ2v) is 3.14. The maximum Gasteiger partial charge on any atom is 0 e. The normalized spacial score (nSPS) is 22.7. The van der Waals surface area contributed by atoms with E-state index in [9.17, 15) is 0 Å². The van der Waals surface area contributed by atoms with E-state index in [4.69, 9.17) is 0 Å². The highest BCUT2D eigenvalue weighted by Crippen LogP contribution is 2.31. The molecule has 54 valence electrons. The van der Waals surface area contributed by atoms with Crippen molar-refractivity contribution in [2.24, 2.45) is 0 Å². The van der Waals surface area contributed by atoms with E-state index in [1.165, 1.54) is 12.8 Å². The predicted molar refractivity (Wildman–Crippen MR) is 45.3 cm³/mol. The van der Waals surface area contributed by atoms with E-state index >= 15 is 0 Å². The van der Waals surface area contributed by atoms with Crippen LogP contribution in [0.1, 0.15) is 31.8 Å². The lowest BCUT2D eigenvalue weighted by atomic mass is 10.0. The van der Waals surface area contributed by atoms with E-state index in [0.717, 1.165) is 5.92 Å². The van der Waals surface area contributed by atoms with Crippen molar-refractivity contribution in [1.29, 1.82) is 0 Å². The van der Waals surface area contributed by atoms with Crippen LogP contribution in [0, 0.1) is 0 Å². The molecule has 1 unspecified atom stereocenters. The SMILES string of the molecule is CC1CCc2ccccc21.[HH]. The molecule has 2 rings (SSSR count). The van der Waals surface area contributed by atoms with E-state index < -0.39 is 0 Å². The molecule has 10 heavy (non-hydrogen) atoms. The zero-order valence-corrected chi connectivity index (χ0v) is 6.30. The quantitative estimate of drug-likeness (QED) is 0.511. The Balaban J connectivity index is 0.000000605. The van der Waals surface area contributed by atoms with Gasteiger partial charge in [-0.25, -0.2) is 0 Å². The van der Waals surface area contributed by atoms with Gasteiger partial charge >= 0.3 is 0 Å². The van der Waals surface area contributed by atoms with Crippen LogP contribution in [0.5, 0.6) is 0 Å². The van der Waals surface area contributed by atoms with E-state index in [-0.39, 0.29) is 1.43 Å². The topological polar surface area (TPSA) is 0 Å². The highest BCUT2D eigenvalue weighted by Gasteiger charge is 2.16. The van der Waals surface area contributed by atoms with Crippen molar-refractivity contribution in [1.82, 2.24) is 0 Å². The van der Waals surface area contributed by atoms with Crippen LogP contribution in [-0.2, 0) is 6.42 Å². The highest BCUT2D eigenvalue weighted by molar-refractivity contribution is 5.33. The van der Waals surface area contributed by atoms with Gasteiger partial charge in [0.05, 0.1) is 0 Å². The number of hydrogen-bond acceptors (Lipinski definition) is 0. The lowest BCUT2D eigenvalue weighted by molar-refractivity contribution is 0.747. The maximum absolute atomic E-state index is 2.31. The fourth-order valence-corrected chi connectivity index (χ4v) is 1.77. The Morgan fingerprint density at radius 2 is 2.20 bits per heavy atom. The Morgan fingerprint density at radius 3 is 3.00 bits per heavy atom. The van der Waals surface area contributed by atoms with Crippen molar-refractivity contribution in [2.45, 2.75) is 25.7 Å². The van der Waals surface area contributed by atoms with Gasteiger partial charge in [0.1, 0.15) is 0 Å². The maximum atomic E-state index is 2.31. The van der Waals surface area contributed by atoms with Gasteiger partial charge in [0.25, 0.3) is 0 Å². The number of benzene rings is 1. The molecule has 1 aromatic carbocycles. The summed E-state index contributed by atoms with van der Waals surface area (Å²) in [5.41, 5.74) is 3.14. The molecule has 0 aliphatic heterocycles. The van der Waals surface area contributed by atoms with Crippen LogP contribution in [0.2, 0.25) is 0 Å². The monoisotopic (exact) mass is 134 g/mol. The summed E-state index contributed by atoms with van der Waals surface area (Å²) in [4.78, 5) is 0. The zero-order valence-electron chi connectivity index (χ0n) is 6.30. The summed E-state index contributed by atoms with van der Waals surface area (Å²) in [5.74, 6) is 0.802. The van der Waals surface area contributed by atoms with E-state index in [2.05, 4.69) is 31.2 Å². The van der Waals surface area contributed by atoms with Gasteiger partial charge in [-0.2, -0.15) is 0 Å². The van der Waals surface area contributed by atoms with Crippen LogP contribution in [0.15, 0.2) is 24.3 Å². The third-order valence-electron chi connectivity index (χ3n) is 2.43. The summed E-state index contributed by atoms with van der Waals surface area (Å²) in [6.07, 6.45) is 2.64. The van der Waals surface area contributed by atoms with Gasteiger partial charge < -0.3 is 0 Å². The molecule has 0 nitrogen and oxygen atoms in total. The molecule has 0 amide bonds. The summed E-state index contributed by atoms with van der Waals surface area (Å²) < 4.78 is 0. The number of hydrogen-bond donors (Lipinski definition) is 0.